The molecule has 1 aliphatic heterocycles. The summed E-state index contributed by atoms with van der Waals surface area (Å²) in [4.78, 5) is 24.8. The molecule has 18 heavy (non-hydrogen) atoms. The van der Waals surface area contributed by atoms with Crippen LogP contribution in [0.3, 0.4) is 0 Å². The van der Waals surface area contributed by atoms with Crippen molar-refractivity contribution in [1.29, 1.82) is 0 Å². The second-order valence-corrected chi connectivity index (χ2v) is 6.10. The summed E-state index contributed by atoms with van der Waals surface area (Å²) >= 11 is 0. The fourth-order valence-electron chi connectivity index (χ4n) is 3.07. The quantitative estimate of drug-likeness (QED) is 0.704. The van der Waals surface area contributed by atoms with Crippen LogP contribution < -0.4 is 0 Å². The second-order valence-electron chi connectivity index (χ2n) is 6.10. The SMILES string of the molecule is CC1(C)COC2(CC(=O)c3ccccc3C2=O)C1. The number of fused-ring (bicyclic) bond motifs is 1. The van der Waals surface area contributed by atoms with Crippen LogP contribution in [-0.4, -0.2) is 23.8 Å². The molecule has 1 aromatic rings. The largest absolute Gasteiger partial charge is 0.366 e. The van der Waals surface area contributed by atoms with Crippen molar-refractivity contribution in [3.63, 3.8) is 0 Å². The van der Waals surface area contributed by atoms with E-state index in [0.717, 1.165) is 0 Å². The Kier molecular flexibility index (Phi) is 2.26. The van der Waals surface area contributed by atoms with Crippen LogP contribution in [0.1, 0.15) is 47.4 Å². The zero-order valence-corrected chi connectivity index (χ0v) is 10.7. The molecule has 0 aromatic heterocycles. The van der Waals surface area contributed by atoms with Crippen LogP contribution in [0.4, 0.5) is 0 Å². The summed E-state index contributed by atoms with van der Waals surface area (Å²) in [5.74, 6) is -0.00817. The van der Waals surface area contributed by atoms with Crippen molar-refractivity contribution >= 4 is 11.6 Å². The Balaban J connectivity index is 2.08. The zero-order chi connectivity index (χ0) is 13.0. The number of hydrogen-bond acceptors (Lipinski definition) is 3. The molecule has 1 unspecified atom stereocenters. The lowest BCUT2D eigenvalue weighted by Crippen LogP contribution is -2.45. The molecule has 1 saturated heterocycles. The maximum atomic E-state index is 12.6. The first kappa shape index (κ1) is 11.6. The van der Waals surface area contributed by atoms with E-state index in [0.29, 0.717) is 24.2 Å². The first-order valence-electron chi connectivity index (χ1n) is 6.25. The monoisotopic (exact) mass is 244 g/mol. The molecule has 1 atom stereocenters. The average Bonchev–Trinajstić information content (AvgIpc) is 2.63. The molecule has 1 fully saturated rings. The summed E-state index contributed by atoms with van der Waals surface area (Å²) in [6.45, 7) is 4.67. The topological polar surface area (TPSA) is 43.4 Å². The Labute approximate surface area is 106 Å². The van der Waals surface area contributed by atoms with E-state index in [-0.39, 0.29) is 23.4 Å². The smallest absolute Gasteiger partial charge is 0.195 e. The number of Topliss-reactive ketones (excluding diaryl/α,β-unsaturated/α-hetero) is 2. The van der Waals surface area contributed by atoms with Crippen LogP contribution in [0, 0.1) is 5.41 Å². The number of ketones is 2. The molecular weight excluding hydrogens is 228 g/mol. The van der Waals surface area contributed by atoms with E-state index < -0.39 is 5.60 Å². The molecule has 0 amide bonds. The number of rotatable bonds is 0. The van der Waals surface area contributed by atoms with Gasteiger partial charge in [0.05, 0.1) is 6.61 Å². The molecule has 1 spiro atoms. The molecule has 1 heterocycles. The number of ether oxygens (including phenoxy) is 1. The Hall–Kier alpha value is -1.48. The molecule has 0 saturated carbocycles. The van der Waals surface area contributed by atoms with Gasteiger partial charge in [-0.3, -0.25) is 9.59 Å². The summed E-state index contributed by atoms with van der Waals surface area (Å²) in [5, 5.41) is 0. The van der Waals surface area contributed by atoms with Gasteiger partial charge < -0.3 is 4.74 Å². The van der Waals surface area contributed by atoms with E-state index in [1.165, 1.54) is 0 Å². The van der Waals surface area contributed by atoms with Gasteiger partial charge >= 0.3 is 0 Å². The molecular formula is C15H16O3. The highest BCUT2D eigenvalue weighted by atomic mass is 16.5. The summed E-state index contributed by atoms with van der Waals surface area (Å²) in [6.07, 6.45) is 0.811. The third kappa shape index (κ3) is 1.54. The van der Waals surface area contributed by atoms with Crippen LogP contribution in [0.25, 0.3) is 0 Å². The molecule has 3 rings (SSSR count). The minimum absolute atomic E-state index is 0.0166. The standard InChI is InChI=1S/C15H16O3/c1-14(2)8-15(18-9-14)7-12(16)10-5-3-4-6-11(10)13(15)17/h3-6H,7-9H2,1-2H3. The van der Waals surface area contributed by atoms with Crippen LogP contribution in [0.2, 0.25) is 0 Å². The zero-order valence-electron chi connectivity index (χ0n) is 10.7. The number of carbonyl (C=O) groups excluding carboxylic acids is 2. The Morgan fingerprint density at radius 2 is 1.78 bits per heavy atom. The summed E-state index contributed by atoms with van der Waals surface area (Å²) in [5.41, 5.74) is 0.116. The van der Waals surface area contributed by atoms with E-state index in [9.17, 15) is 9.59 Å². The van der Waals surface area contributed by atoms with Crippen molar-refractivity contribution in [3.05, 3.63) is 35.4 Å². The van der Waals surface area contributed by atoms with Crippen LogP contribution >= 0.6 is 0 Å². The summed E-state index contributed by atoms with van der Waals surface area (Å²) in [7, 11) is 0. The average molecular weight is 244 g/mol. The molecule has 1 aromatic carbocycles. The van der Waals surface area contributed by atoms with Gasteiger partial charge in [0.15, 0.2) is 11.6 Å². The maximum Gasteiger partial charge on any atom is 0.195 e. The molecule has 0 radical (unpaired) electrons. The highest BCUT2D eigenvalue weighted by Crippen LogP contribution is 2.45. The van der Waals surface area contributed by atoms with E-state index in [1.54, 1.807) is 24.3 Å². The van der Waals surface area contributed by atoms with Gasteiger partial charge in [0, 0.05) is 17.5 Å². The highest BCUT2D eigenvalue weighted by Gasteiger charge is 2.54. The molecule has 1 aliphatic carbocycles. The lowest BCUT2D eigenvalue weighted by Gasteiger charge is -2.31. The van der Waals surface area contributed by atoms with Crippen LogP contribution in [0.5, 0.6) is 0 Å². The van der Waals surface area contributed by atoms with Gasteiger partial charge in [-0.05, 0) is 11.8 Å². The van der Waals surface area contributed by atoms with Crippen LogP contribution in [0.15, 0.2) is 24.3 Å². The third-order valence-electron chi connectivity index (χ3n) is 3.84. The highest BCUT2D eigenvalue weighted by molar-refractivity contribution is 6.18. The van der Waals surface area contributed by atoms with Gasteiger partial charge in [0.2, 0.25) is 0 Å². The Morgan fingerprint density at radius 1 is 1.11 bits per heavy atom. The van der Waals surface area contributed by atoms with E-state index in [1.807, 2.05) is 0 Å². The minimum atomic E-state index is -0.908. The van der Waals surface area contributed by atoms with Crippen molar-refractivity contribution in [2.75, 3.05) is 6.61 Å². The molecule has 3 nitrogen and oxygen atoms in total. The van der Waals surface area contributed by atoms with E-state index in [2.05, 4.69) is 13.8 Å². The van der Waals surface area contributed by atoms with Crippen molar-refractivity contribution in [3.8, 4) is 0 Å². The van der Waals surface area contributed by atoms with E-state index >= 15 is 0 Å². The third-order valence-corrected chi connectivity index (χ3v) is 3.84. The van der Waals surface area contributed by atoms with Gasteiger partial charge in [-0.1, -0.05) is 38.1 Å². The lowest BCUT2D eigenvalue weighted by atomic mass is 9.73. The minimum Gasteiger partial charge on any atom is -0.366 e. The number of benzene rings is 1. The van der Waals surface area contributed by atoms with E-state index in [4.69, 9.17) is 4.74 Å². The molecule has 3 heteroatoms. The molecule has 0 bridgehead atoms. The summed E-state index contributed by atoms with van der Waals surface area (Å²) in [6, 6.07) is 7.04. The fourth-order valence-corrected chi connectivity index (χ4v) is 3.07. The second kappa shape index (κ2) is 3.51. The predicted molar refractivity (Wildman–Crippen MR) is 66.8 cm³/mol. The van der Waals surface area contributed by atoms with Gasteiger partial charge in [0.1, 0.15) is 5.60 Å². The van der Waals surface area contributed by atoms with Crippen molar-refractivity contribution in [2.45, 2.75) is 32.3 Å². The van der Waals surface area contributed by atoms with Gasteiger partial charge in [-0.15, -0.1) is 0 Å². The predicted octanol–water partition coefficient (Wildman–Crippen LogP) is 2.64. The normalized spacial score (nSPS) is 29.7. The van der Waals surface area contributed by atoms with Gasteiger partial charge in [-0.25, -0.2) is 0 Å². The van der Waals surface area contributed by atoms with Crippen molar-refractivity contribution < 1.29 is 14.3 Å². The van der Waals surface area contributed by atoms with Crippen molar-refractivity contribution in [1.82, 2.24) is 0 Å². The first-order chi connectivity index (χ1) is 8.44. The number of hydrogen-bond donors (Lipinski definition) is 0. The van der Waals surface area contributed by atoms with Crippen molar-refractivity contribution in [2.24, 2.45) is 5.41 Å². The molecule has 2 aliphatic rings. The number of carbonyl (C=O) groups is 2. The van der Waals surface area contributed by atoms with Crippen LogP contribution in [-0.2, 0) is 4.74 Å². The summed E-state index contributed by atoms with van der Waals surface area (Å²) < 4.78 is 5.77. The first-order valence-corrected chi connectivity index (χ1v) is 6.25. The van der Waals surface area contributed by atoms with Gasteiger partial charge in [-0.2, -0.15) is 0 Å². The lowest BCUT2D eigenvalue weighted by molar-refractivity contribution is 0.00444. The fraction of sp³-hybridized carbons (Fsp3) is 0.467. The Morgan fingerprint density at radius 3 is 2.39 bits per heavy atom. The van der Waals surface area contributed by atoms with Gasteiger partial charge in [0.25, 0.3) is 0 Å². The molecule has 94 valence electrons. The molecule has 0 N–H and O–H groups in total. The maximum absolute atomic E-state index is 12.6. The Bertz CT molecular complexity index is 544.